The Bertz CT molecular complexity index is 2640. The van der Waals surface area contributed by atoms with Crippen LogP contribution in [0.15, 0.2) is 231 Å². The average Bonchev–Trinajstić information content (AvgIpc) is 4.04. The first-order chi connectivity index (χ1) is 29.7. The molecule has 10 aromatic rings. The predicted octanol–water partition coefficient (Wildman–Crippen LogP) is 15.9. The molecule has 0 radical (unpaired) electrons. The van der Waals surface area contributed by atoms with Gasteiger partial charge in [0.1, 0.15) is 0 Å². The molecule has 0 N–H and O–H groups in total. The number of rotatable bonds is 11. The first kappa shape index (κ1) is 36.9. The number of para-hydroxylation sites is 4. The van der Waals surface area contributed by atoms with E-state index >= 15 is 0 Å². The van der Waals surface area contributed by atoms with E-state index in [2.05, 4.69) is 228 Å². The fraction of sp³-hybridized carbons (Fsp3) is 0. The van der Waals surface area contributed by atoms with Gasteiger partial charge in [-0.1, -0.05) is 97.1 Å². The van der Waals surface area contributed by atoms with Crippen LogP contribution in [-0.4, -0.2) is 9.97 Å². The van der Waals surface area contributed by atoms with Crippen LogP contribution >= 0.6 is 22.7 Å². The molecule has 0 bridgehead atoms. The third-order valence-corrected chi connectivity index (χ3v) is 12.8. The lowest BCUT2D eigenvalue weighted by atomic mass is 10.1. The highest BCUT2D eigenvalue weighted by atomic mass is 32.1. The summed E-state index contributed by atoms with van der Waals surface area (Å²) in [5, 5.41) is 0. The van der Waals surface area contributed by atoms with Gasteiger partial charge in [-0.2, -0.15) is 0 Å². The van der Waals surface area contributed by atoms with Crippen LogP contribution in [0.2, 0.25) is 0 Å². The zero-order valence-corrected chi connectivity index (χ0v) is 34.2. The second-order valence-electron chi connectivity index (χ2n) is 14.3. The van der Waals surface area contributed by atoms with Crippen LogP contribution in [-0.2, 0) is 0 Å². The van der Waals surface area contributed by atoms with Gasteiger partial charge in [0.05, 0.1) is 11.4 Å². The topological polar surface area (TPSA) is 32.3 Å². The SMILES string of the molecule is c1ccc(N(c2ccccc2)c2ccc(-c3ccc(-c4ccc(-c5ccc(-c6ccc(-c7ccc(N(c8ccccc8)c8ccccc8)cc7)s6)cn5)nc4)s3)cc2)cc1. The van der Waals surface area contributed by atoms with Gasteiger partial charge in [0, 0.05) is 77.2 Å². The fourth-order valence-corrected chi connectivity index (χ4v) is 9.43. The molecule has 6 heteroatoms. The first-order valence-corrected chi connectivity index (χ1v) is 21.5. The van der Waals surface area contributed by atoms with Crippen LogP contribution < -0.4 is 9.80 Å². The minimum absolute atomic E-state index is 0.853. The maximum atomic E-state index is 4.84. The zero-order chi connectivity index (χ0) is 40.1. The highest BCUT2D eigenvalue weighted by molar-refractivity contribution is 7.19. The van der Waals surface area contributed by atoms with E-state index in [1.807, 2.05) is 12.4 Å². The first-order valence-electron chi connectivity index (χ1n) is 19.9. The number of benzene rings is 6. The van der Waals surface area contributed by atoms with Gasteiger partial charge in [-0.15, -0.1) is 22.7 Å². The molecule has 0 spiro atoms. The molecule has 4 nitrogen and oxygen atoms in total. The molecule has 0 fully saturated rings. The molecule has 0 aliphatic heterocycles. The summed E-state index contributed by atoms with van der Waals surface area (Å²) in [6.07, 6.45) is 3.91. The number of hydrogen-bond donors (Lipinski definition) is 0. The van der Waals surface area contributed by atoms with Crippen LogP contribution in [0, 0.1) is 0 Å². The maximum absolute atomic E-state index is 4.84. The summed E-state index contributed by atoms with van der Waals surface area (Å²) in [6, 6.07) is 76.8. The normalized spacial score (nSPS) is 11.0. The van der Waals surface area contributed by atoms with E-state index in [-0.39, 0.29) is 0 Å². The molecule has 10 rings (SSSR count). The van der Waals surface area contributed by atoms with Crippen molar-refractivity contribution in [3.8, 4) is 53.2 Å². The Morgan fingerprint density at radius 3 is 0.800 bits per heavy atom. The largest absolute Gasteiger partial charge is 0.311 e. The highest BCUT2D eigenvalue weighted by Crippen LogP contribution is 2.40. The Morgan fingerprint density at radius 2 is 0.517 bits per heavy atom. The second-order valence-corrected chi connectivity index (χ2v) is 16.5. The number of thiophene rings is 2. The Kier molecular flexibility index (Phi) is 10.4. The summed E-state index contributed by atoms with van der Waals surface area (Å²) in [4.78, 5) is 19.0. The van der Waals surface area contributed by atoms with Crippen LogP contribution in [0.5, 0.6) is 0 Å². The van der Waals surface area contributed by atoms with E-state index in [0.717, 1.165) is 56.6 Å². The molecule has 0 aliphatic rings. The van der Waals surface area contributed by atoms with Crippen LogP contribution in [0.1, 0.15) is 0 Å². The van der Waals surface area contributed by atoms with Crippen molar-refractivity contribution in [3.05, 3.63) is 231 Å². The summed E-state index contributed by atoms with van der Waals surface area (Å²) in [5.41, 5.74) is 13.0. The van der Waals surface area contributed by atoms with Crippen molar-refractivity contribution in [1.82, 2.24) is 9.97 Å². The van der Waals surface area contributed by atoms with Crippen LogP contribution in [0.25, 0.3) is 53.2 Å². The van der Waals surface area contributed by atoms with Gasteiger partial charge in [0.2, 0.25) is 0 Å². The van der Waals surface area contributed by atoms with E-state index in [1.54, 1.807) is 22.7 Å². The third kappa shape index (κ3) is 7.77. The Labute approximate surface area is 358 Å². The van der Waals surface area contributed by atoms with Gasteiger partial charge < -0.3 is 9.80 Å². The van der Waals surface area contributed by atoms with Crippen LogP contribution in [0.3, 0.4) is 0 Å². The highest BCUT2D eigenvalue weighted by Gasteiger charge is 2.15. The molecule has 4 heterocycles. The molecule has 0 unspecified atom stereocenters. The van der Waals surface area contributed by atoms with Gasteiger partial charge in [-0.3, -0.25) is 9.97 Å². The second kappa shape index (κ2) is 16.8. The van der Waals surface area contributed by atoms with Gasteiger partial charge >= 0.3 is 0 Å². The summed E-state index contributed by atoms with van der Waals surface area (Å²) in [6.45, 7) is 0. The number of hydrogen-bond acceptors (Lipinski definition) is 6. The number of aromatic nitrogens is 2. The lowest BCUT2D eigenvalue weighted by Gasteiger charge is -2.25. The van der Waals surface area contributed by atoms with E-state index in [4.69, 9.17) is 9.97 Å². The third-order valence-electron chi connectivity index (χ3n) is 10.4. The molecule has 6 aromatic carbocycles. The van der Waals surface area contributed by atoms with Gasteiger partial charge in [0.15, 0.2) is 0 Å². The molecule has 60 heavy (non-hydrogen) atoms. The Morgan fingerprint density at radius 1 is 0.250 bits per heavy atom. The molecule has 0 saturated carbocycles. The smallest absolute Gasteiger partial charge is 0.0886 e. The molecule has 0 saturated heterocycles. The number of pyridine rings is 2. The van der Waals surface area contributed by atoms with Crippen molar-refractivity contribution in [2.45, 2.75) is 0 Å². The fourth-order valence-electron chi connectivity index (χ4n) is 7.43. The van der Waals surface area contributed by atoms with E-state index in [9.17, 15) is 0 Å². The summed E-state index contributed by atoms with van der Waals surface area (Å²) < 4.78 is 0. The molecule has 0 atom stereocenters. The number of anilines is 6. The van der Waals surface area contributed by atoms with Crippen molar-refractivity contribution in [3.63, 3.8) is 0 Å². The maximum Gasteiger partial charge on any atom is 0.0886 e. The van der Waals surface area contributed by atoms with Crippen molar-refractivity contribution in [1.29, 1.82) is 0 Å². The average molecular weight is 807 g/mol. The molecular weight excluding hydrogens is 769 g/mol. The molecule has 286 valence electrons. The molecule has 4 aromatic heterocycles. The summed E-state index contributed by atoms with van der Waals surface area (Å²) >= 11 is 3.55. The zero-order valence-electron chi connectivity index (χ0n) is 32.5. The quantitative estimate of drug-likeness (QED) is 0.130. The summed E-state index contributed by atoms with van der Waals surface area (Å²) in [7, 11) is 0. The summed E-state index contributed by atoms with van der Waals surface area (Å²) in [5.74, 6) is 0. The lowest BCUT2D eigenvalue weighted by molar-refractivity contribution is 1.25. The molecule has 0 aliphatic carbocycles. The van der Waals surface area contributed by atoms with E-state index < -0.39 is 0 Å². The van der Waals surface area contributed by atoms with E-state index in [1.165, 1.54) is 30.6 Å². The monoisotopic (exact) mass is 806 g/mol. The van der Waals surface area contributed by atoms with Crippen molar-refractivity contribution in [2.75, 3.05) is 9.80 Å². The van der Waals surface area contributed by atoms with Crippen molar-refractivity contribution >= 4 is 56.8 Å². The van der Waals surface area contributed by atoms with Gasteiger partial charge in [0.25, 0.3) is 0 Å². The molecule has 0 amide bonds. The minimum Gasteiger partial charge on any atom is -0.311 e. The van der Waals surface area contributed by atoms with Gasteiger partial charge in [-0.05, 0) is 132 Å². The Balaban J connectivity index is 0.813. The van der Waals surface area contributed by atoms with E-state index in [0.29, 0.717) is 0 Å². The van der Waals surface area contributed by atoms with Crippen molar-refractivity contribution < 1.29 is 0 Å². The molecular formula is C54H38N4S2. The standard InChI is InChI=1S/C54H38N4S2/c1-5-13-43(14-6-1)57(44-15-7-2-8-16-44)47-27-21-39(22-28-47)51-33-35-53(59-51)41-25-31-49(55-37-41)50-32-26-42(38-56-50)54-36-34-52(60-54)40-23-29-48(30-24-40)58(45-17-9-3-10-18-45)46-19-11-4-12-20-46/h1-38H. The predicted molar refractivity (Wildman–Crippen MR) is 254 cm³/mol. The van der Waals surface area contributed by atoms with Crippen LogP contribution in [0.4, 0.5) is 34.1 Å². The lowest BCUT2D eigenvalue weighted by Crippen LogP contribution is -2.09. The Hall–Kier alpha value is -7.38. The van der Waals surface area contributed by atoms with Gasteiger partial charge in [-0.25, -0.2) is 0 Å². The number of nitrogens with zero attached hydrogens (tertiary/aromatic N) is 4. The van der Waals surface area contributed by atoms with Crippen molar-refractivity contribution in [2.24, 2.45) is 0 Å². The minimum atomic E-state index is 0.853.